The molecule has 0 atom stereocenters. The molecule has 1 heterocycles. The van der Waals surface area contributed by atoms with Gasteiger partial charge in [-0.1, -0.05) is 48.0 Å². The lowest BCUT2D eigenvalue weighted by Crippen LogP contribution is -1.99. The van der Waals surface area contributed by atoms with E-state index in [1.54, 1.807) is 0 Å². The Morgan fingerprint density at radius 1 is 0.800 bits per heavy atom. The number of nitrogens with zero attached hydrogens (tertiary/aromatic N) is 2. The number of aryl methyl sites for hydroxylation is 2. The van der Waals surface area contributed by atoms with E-state index in [2.05, 4.69) is 61.7 Å². The minimum atomic E-state index is 1.00. The second-order valence-corrected chi connectivity index (χ2v) is 5.14. The van der Waals surface area contributed by atoms with Crippen LogP contribution >= 0.6 is 0 Å². The van der Waals surface area contributed by atoms with E-state index in [1.807, 2.05) is 18.2 Å². The molecule has 0 saturated carbocycles. The van der Waals surface area contributed by atoms with Crippen molar-refractivity contribution < 1.29 is 0 Å². The highest BCUT2D eigenvalue weighted by Crippen LogP contribution is 2.26. The Morgan fingerprint density at radius 3 is 2.10 bits per heavy atom. The predicted molar refractivity (Wildman–Crippen MR) is 83.2 cm³/mol. The molecule has 3 aromatic rings. The molecule has 0 aliphatic heterocycles. The lowest BCUT2D eigenvalue weighted by Gasteiger charge is -2.10. The first-order chi connectivity index (χ1) is 9.66. The monoisotopic (exact) mass is 262 g/mol. The third-order valence-electron chi connectivity index (χ3n) is 3.67. The molecule has 0 bridgehead atoms. The van der Waals surface area contributed by atoms with Crippen molar-refractivity contribution in [3.63, 3.8) is 0 Å². The van der Waals surface area contributed by atoms with Gasteiger partial charge in [-0.25, -0.2) is 4.98 Å². The highest BCUT2D eigenvalue weighted by molar-refractivity contribution is 5.60. The van der Waals surface area contributed by atoms with Gasteiger partial charge in [0.2, 0.25) is 0 Å². The van der Waals surface area contributed by atoms with Gasteiger partial charge in [0.05, 0.1) is 5.69 Å². The number of imidazole rings is 1. The summed E-state index contributed by atoms with van der Waals surface area (Å²) in [5.74, 6) is 1.00. The average molecular weight is 262 g/mol. The molecule has 2 aromatic carbocycles. The fraction of sp³-hybridized carbons (Fsp3) is 0.167. The fourth-order valence-corrected chi connectivity index (χ4v) is 2.40. The van der Waals surface area contributed by atoms with Crippen molar-refractivity contribution in [2.75, 3.05) is 0 Å². The Kier molecular flexibility index (Phi) is 3.15. The highest BCUT2D eigenvalue weighted by Gasteiger charge is 2.13. The number of aromatic nitrogens is 2. The molecule has 2 nitrogen and oxygen atoms in total. The molecule has 1 aromatic heterocycles. The van der Waals surface area contributed by atoms with Crippen molar-refractivity contribution in [3.8, 4) is 17.1 Å². The van der Waals surface area contributed by atoms with E-state index in [1.165, 1.54) is 11.3 Å². The lowest BCUT2D eigenvalue weighted by molar-refractivity contribution is 1.01. The van der Waals surface area contributed by atoms with E-state index in [0.717, 1.165) is 22.8 Å². The maximum atomic E-state index is 4.74. The number of hydrogen-bond donors (Lipinski definition) is 0. The quantitative estimate of drug-likeness (QED) is 0.666. The summed E-state index contributed by atoms with van der Waals surface area (Å²) in [4.78, 5) is 4.74. The van der Waals surface area contributed by atoms with Crippen LogP contribution in [-0.4, -0.2) is 9.55 Å². The van der Waals surface area contributed by atoms with Crippen LogP contribution in [0.25, 0.3) is 17.1 Å². The molecule has 100 valence electrons. The molecule has 0 radical (unpaired) electrons. The van der Waals surface area contributed by atoms with Crippen molar-refractivity contribution in [1.82, 2.24) is 9.55 Å². The molecule has 0 unspecified atom stereocenters. The van der Waals surface area contributed by atoms with Gasteiger partial charge in [0.25, 0.3) is 0 Å². The Morgan fingerprint density at radius 2 is 1.45 bits per heavy atom. The zero-order valence-corrected chi connectivity index (χ0v) is 12.1. The summed E-state index contributed by atoms with van der Waals surface area (Å²) in [7, 11) is 0. The topological polar surface area (TPSA) is 17.8 Å². The van der Waals surface area contributed by atoms with Gasteiger partial charge in [0, 0.05) is 16.9 Å². The van der Waals surface area contributed by atoms with Crippen LogP contribution in [0.2, 0.25) is 0 Å². The first-order valence-corrected chi connectivity index (χ1v) is 6.85. The van der Waals surface area contributed by atoms with Crippen LogP contribution in [0.1, 0.15) is 17.0 Å². The third-order valence-corrected chi connectivity index (χ3v) is 3.67. The maximum Gasteiger partial charge on any atom is 0.145 e. The first-order valence-electron chi connectivity index (χ1n) is 6.85. The summed E-state index contributed by atoms with van der Waals surface area (Å²) in [6.45, 7) is 6.29. The normalized spacial score (nSPS) is 10.8. The molecule has 0 aliphatic carbocycles. The van der Waals surface area contributed by atoms with Crippen LogP contribution in [0, 0.1) is 20.8 Å². The lowest BCUT2D eigenvalue weighted by atomic mass is 10.2. The van der Waals surface area contributed by atoms with Crippen molar-refractivity contribution in [3.05, 3.63) is 71.5 Å². The molecule has 3 rings (SSSR count). The van der Waals surface area contributed by atoms with Gasteiger partial charge in [0.15, 0.2) is 0 Å². The van der Waals surface area contributed by atoms with Crippen molar-refractivity contribution in [1.29, 1.82) is 0 Å². The summed E-state index contributed by atoms with van der Waals surface area (Å²) in [6, 6.07) is 18.9. The fourth-order valence-electron chi connectivity index (χ4n) is 2.40. The van der Waals surface area contributed by atoms with Crippen LogP contribution in [0.3, 0.4) is 0 Å². The summed E-state index contributed by atoms with van der Waals surface area (Å²) in [6.07, 6.45) is 0. The standard InChI is InChI=1S/C18H18N2/c1-13-9-11-17(12-10-13)20-15(3)14(2)19-18(20)16-7-5-4-6-8-16/h4-12H,1-3H3. The van der Waals surface area contributed by atoms with Crippen LogP contribution in [0.4, 0.5) is 0 Å². The molecule has 0 fully saturated rings. The molecule has 2 heteroatoms. The van der Waals surface area contributed by atoms with Gasteiger partial charge in [-0.3, -0.25) is 4.57 Å². The molecule has 0 spiro atoms. The van der Waals surface area contributed by atoms with Gasteiger partial charge in [-0.05, 0) is 32.9 Å². The first kappa shape index (κ1) is 12.7. The van der Waals surface area contributed by atoms with Gasteiger partial charge < -0.3 is 0 Å². The van der Waals surface area contributed by atoms with Crippen LogP contribution in [0.15, 0.2) is 54.6 Å². The third kappa shape index (κ3) is 2.14. The molecule has 0 N–H and O–H groups in total. The smallest absolute Gasteiger partial charge is 0.145 e. The van der Waals surface area contributed by atoms with Crippen LogP contribution < -0.4 is 0 Å². The van der Waals surface area contributed by atoms with Gasteiger partial charge in [0.1, 0.15) is 5.82 Å². The SMILES string of the molecule is Cc1ccc(-n2c(-c3ccccc3)nc(C)c2C)cc1. The summed E-state index contributed by atoms with van der Waals surface area (Å²) in [5.41, 5.74) is 5.83. The van der Waals surface area contributed by atoms with E-state index >= 15 is 0 Å². The highest BCUT2D eigenvalue weighted by atomic mass is 15.1. The molecule has 0 aliphatic rings. The minimum absolute atomic E-state index is 1.00. The second-order valence-electron chi connectivity index (χ2n) is 5.14. The van der Waals surface area contributed by atoms with Gasteiger partial charge in [-0.15, -0.1) is 0 Å². The zero-order valence-electron chi connectivity index (χ0n) is 12.1. The predicted octanol–water partition coefficient (Wildman–Crippen LogP) is 4.46. The minimum Gasteiger partial charge on any atom is -0.297 e. The average Bonchev–Trinajstić information content (AvgIpc) is 2.77. The van der Waals surface area contributed by atoms with Crippen molar-refractivity contribution in [2.24, 2.45) is 0 Å². The Hall–Kier alpha value is -2.35. The Labute approximate surface area is 119 Å². The maximum absolute atomic E-state index is 4.74. The Balaban J connectivity index is 2.22. The molecular weight excluding hydrogens is 244 g/mol. The van der Waals surface area contributed by atoms with Crippen molar-refractivity contribution in [2.45, 2.75) is 20.8 Å². The number of rotatable bonds is 2. The van der Waals surface area contributed by atoms with Crippen molar-refractivity contribution >= 4 is 0 Å². The summed E-state index contributed by atoms with van der Waals surface area (Å²) < 4.78 is 2.23. The van der Waals surface area contributed by atoms with E-state index in [0.29, 0.717) is 0 Å². The molecule has 20 heavy (non-hydrogen) atoms. The van der Waals surface area contributed by atoms with E-state index in [9.17, 15) is 0 Å². The number of hydrogen-bond acceptors (Lipinski definition) is 1. The molecule has 0 amide bonds. The molecular formula is C18H18N2. The van der Waals surface area contributed by atoms with E-state index < -0.39 is 0 Å². The van der Waals surface area contributed by atoms with Crippen LogP contribution in [0.5, 0.6) is 0 Å². The summed E-state index contributed by atoms with van der Waals surface area (Å²) in [5, 5.41) is 0. The van der Waals surface area contributed by atoms with Gasteiger partial charge in [-0.2, -0.15) is 0 Å². The van der Waals surface area contributed by atoms with E-state index in [-0.39, 0.29) is 0 Å². The Bertz CT molecular complexity index is 722. The van der Waals surface area contributed by atoms with Crippen LogP contribution in [-0.2, 0) is 0 Å². The summed E-state index contributed by atoms with van der Waals surface area (Å²) >= 11 is 0. The van der Waals surface area contributed by atoms with Gasteiger partial charge >= 0.3 is 0 Å². The molecule has 0 saturated heterocycles. The largest absolute Gasteiger partial charge is 0.297 e. The zero-order chi connectivity index (χ0) is 14.1. The second kappa shape index (κ2) is 4.97. The number of benzene rings is 2. The van der Waals surface area contributed by atoms with E-state index in [4.69, 9.17) is 4.98 Å².